The van der Waals surface area contributed by atoms with E-state index in [9.17, 15) is 19.2 Å². The fourth-order valence-electron chi connectivity index (χ4n) is 1.33. The van der Waals surface area contributed by atoms with E-state index in [0.29, 0.717) is 17.0 Å². The Kier molecular flexibility index (Phi) is 22.7. The van der Waals surface area contributed by atoms with Gasteiger partial charge in [0.05, 0.1) is 14.9 Å². The van der Waals surface area contributed by atoms with Crippen LogP contribution in [0.4, 0.5) is 0 Å². The average Bonchev–Trinajstić information content (AvgIpc) is 3.29. The summed E-state index contributed by atoms with van der Waals surface area (Å²) in [6.07, 6.45) is 0.454. The van der Waals surface area contributed by atoms with Crippen LogP contribution in [0.2, 0.25) is 0 Å². The summed E-state index contributed by atoms with van der Waals surface area (Å²) in [5, 5.41) is 17.5. The van der Waals surface area contributed by atoms with Crippen LogP contribution in [0.5, 0.6) is 0 Å². The molecular weight excluding hydrogens is 507 g/mol. The molecule has 0 fully saturated rings. The maximum absolute atomic E-state index is 10.6. The molecule has 0 bridgehead atoms. The minimum atomic E-state index is -1.01. The lowest BCUT2D eigenvalue weighted by molar-refractivity contribution is -0.116. The van der Waals surface area contributed by atoms with Crippen molar-refractivity contribution < 1.29 is 24.3 Å². The van der Waals surface area contributed by atoms with Gasteiger partial charge in [-0.25, -0.2) is 9.79 Å². The molecule has 0 spiro atoms. The number of carbonyl (C=O) groups is 4. The Bertz CT molecular complexity index is 899. The fourth-order valence-corrected chi connectivity index (χ4v) is 2.51. The first-order valence-corrected chi connectivity index (χ1v) is 11.3. The summed E-state index contributed by atoms with van der Waals surface area (Å²) in [5.74, 6) is -0.713. The highest BCUT2D eigenvalue weighted by Gasteiger charge is 2.09. The number of nitrogens with zero attached hydrogens (tertiary/aromatic N) is 5. The van der Waals surface area contributed by atoms with E-state index in [1.165, 1.54) is 39.2 Å². The number of isothiocyanates is 1. The van der Waals surface area contributed by atoms with Crippen molar-refractivity contribution in [1.29, 1.82) is 0 Å². The first-order chi connectivity index (χ1) is 15.2. The molecule has 33 heavy (non-hydrogen) atoms. The molecule has 0 aliphatic heterocycles. The molecule has 0 aromatic carbocycles. The molecule has 0 atom stereocenters. The van der Waals surface area contributed by atoms with Crippen molar-refractivity contribution in [3.63, 3.8) is 0 Å². The van der Waals surface area contributed by atoms with Gasteiger partial charge in [-0.2, -0.15) is 0 Å². The Balaban J connectivity index is -0.000000356. The summed E-state index contributed by atoms with van der Waals surface area (Å²) in [6, 6.07) is 0. The Labute approximate surface area is 211 Å². The van der Waals surface area contributed by atoms with Gasteiger partial charge < -0.3 is 9.90 Å². The number of aryl methyl sites for hydroxylation is 2. The highest BCUT2D eigenvalue weighted by Crippen LogP contribution is 2.07. The number of hydrogen-bond acceptors (Lipinski definition) is 13. The summed E-state index contributed by atoms with van der Waals surface area (Å²) in [6.45, 7) is 11.4. The number of carboxylic acid groups (broad SMARTS) is 1. The summed E-state index contributed by atoms with van der Waals surface area (Å²) < 4.78 is 7.07. The molecular formula is C19H27N5O5S4. The monoisotopic (exact) mass is 533 g/mol. The zero-order chi connectivity index (χ0) is 26.6. The normalized spacial score (nSPS) is 8.24. The molecule has 2 aromatic heterocycles. The van der Waals surface area contributed by atoms with E-state index in [0.717, 1.165) is 21.3 Å². The Hall–Kier alpha value is -2.51. The van der Waals surface area contributed by atoms with E-state index in [1.807, 2.05) is 6.92 Å². The van der Waals surface area contributed by atoms with Crippen molar-refractivity contribution in [3.05, 3.63) is 21.1 Å². The number of aliphatic imine (C=N–C) groups is 1. The number of carbonyl (C=O) groups excluding carboxylic acids is 3. The molecule has 1 N–H and O–H groups in total. The molecule has 0 aliphatic carbocycles. The summed E-state index contributed by atoms with van der Waals surface area (Å²) in [7, 11) is 1.59. The largest absolute Gasteiger partial charge is 0.476 e. The third kappa shape index (κ3) is 24.0. The van der Waals surface area contributed by atoms with E-state index < -0.39 is 5.97 Å². The van der Waals surface area contributed by atoms with Gasteiger partial charge >= 0.3 is 5.97 Å². The van der Waals surface area contributed by atoms with Crippen LogP contribution >= 0.6 is 47.5 Å². The third-order valence-corrected chi connectivity index (χ3v) is 4.02. The quantitative estimate of drug-likeness (QED) is 0.340. The van der Waals surface area contributed by atoms with Crippen molar-refractivity contribution in [2.75, 3.05) is 7.05 Å². The summed E-state index contributed by atoms with van der Waals surface area (Å²) in [4.78, 5) is 46.0. The van der Waals surface area contributed by atoms with Crippen LogP contribution in [0.25, 0.3) is 0 Å². The standard InChI is InChI=1S/C5H6N2OS.C5H8OS.C4H4N2O2S.C3H6O.C2H3NS/c1-3(8)5-4(2)9-7-6-5;1-4(6)3-5(2)7;1-2-3(4(7)8)5-6-9-2;1-3(2)4;1-3-2-4/h1-2H3;3H2,1-2H3;1H3,(H,7,8);1-2H3;1H3. The molecule has 0 aliphatic rings. The highest BCUT2D eigenvalue weighted by molar-refractivity contribution is 7.80. The van der Waals surface area contributed by atoms with E-state index >= 15 is 0 Å². The average molecular weight is 534 g/mol. The van der Waals surface area contributed by atoms with Gasteiger partial charge in [-0.05, 0) is 81.7 Å². The lowest BCUT2D eigenvalue weighted by Crippen LogP contribution is -1.97. The SMILES string of the molecule is CC(=O)CC(C)=S.CC(=O)c1nnsc1C.CC(C)=O.CN=C=S.Cc1snnc1C(=O)O. The minimum absolute atomic E-state index is 0.0127. The number of hydrogen-bond donors (Lipinski definition) is 1. The number of rotatable bonds is 4. The molecule has 2 rings (SSSR count). The lowest BCUT2D eigenvalue weighted by atomic mass is 10.3. The smallest absolute Gasteiger partial charge is 0.357 e. The first-order valence-electron chi connectivity index (χ1n) is 8.95. The van der Waals surface area contributed by atoms with Gasteiger partial charge in [0.2, 0.25) is 0 Å². The predicted octanol–water partition coefficient (Wildman–Crippen LogP) is 4.26. The van der Waals surface area contributed by atoms with Crippen LogP contribution < -0.4 is 0 Å². The second-order valence-corrected chi connectivity index (χ2v) is 8.82. The number of ketones is 3. The molecule has 2 aromatic rings. The summed E-state index contributed by atoms with van der Waals surface area (Å²) in [5.41, 5.74) is 0.556. The van der Waals surface area contributed by atoms with Gasteiger partial charge in [0.1, 0.15) is 17.3 Å². The maximum Gasteiger partial charge on any atom is 0.357 e. The van der Waals surface area contributed by atoms with E-state index in [-0.39, 0.29) is 23.0 Å². The van der Waals surface area contributed by atoms with Crippen LogP contribution in [0.1, 0.15) is 71.8 Å². The second-order valence-electron chi connectivity index (χ2n) is 6.02. The third-order valence-electron chi connectivity index (χ3n) is 2.43. The van der Waals surface area contributed by atoms with Crippen LogP contribution in [-0.2, 0) is 9.59 Å². The van der Waals surface area contributed by atoms with Crippen molar-refractivity contribution in [3.8, 4) is 0 Å². The lowest BCUT2D eigenvalue weighted by Gasteiger charge is -1.85. The van der Waals surface area contributed by atoms with Gasteiger partial charge in [0.25, 0.3) is 0 Å². The Morgan fingerprint density at radius 1 is 0.939 bits per heavy atom. The van der Waals surface area contributed by atoms with Crippen LogP contribution in [-0.4, -0.2) is 64.7 Å². The van der Waals surface area contributed by atoms with Crippen LogP contribution in [0, 0.1) is 13.8 Å². The molecule has 0 saturated carbocycles. The topological polar surface area (TPSA) is 152 Å². The minimum Gasteiger partial charge on any atom is -0.476 e. The van der Waals surface area contributed by atoms with Gasteiger partial charge in [0, 0.05) is 20.4 Å². The van der Waals surface area contributed by atoms with Gasteiger partial charge in [-0.15, -0.1) is 10.2 Å². The van der Waals surface area contributed by atoms with E-state index in [4.69, 9.17) is 5.11 Å². The van der Waals surface area contributed by atoms with E-state index in [2.05, 4.69) is 53.8 Å². The zero-order valence-electron chi connectivity index (χ0n) is 19.7. The molecule has 182 valence electrons. The van der Waals surface area contributed by atoms with Crippen molar-refractivity contribution in [2.45, 2.75) is 54.9 Å². The van der Waals surface area contributed by atoms with E-state index in [1.54, 1.807) is 20.9 Å². The number of aromatic nitrogens is 4. The number of aromatic carboxylic acids is 1. The molecule has 0 unspecified atom stereocenters. The second kappa shape index (κ2) is 21.3. The zero-order valence-corrected chi connectivity index (χ0v) is 22.9. The Morgan fingerprint density at radius 2 is 1.30 bits per heavy atom. The number of Topliss-reactive ketones (excluding diaryl/α,β-unsaturated/α-hetero) is 3. The van der Waals surface area contributed by atoms with Crippen molar-refractivity contribution in [2.24, 2.45) is 4.99 Å². The molecule has 0 radical (unpaired) electrons. The molecule has 14 heteroatoms. The van der Waals surface area contributed by atoms with Gasteiger partial charge in [-0.1, -0.05) is 21.2 Å². The van der Waals surface area contributed by atoms with Crippen molar-refractivity contribution in [1.82, 2.24) is 19.2 Å². The predicted molar refractivity (Wildman–Crippen MR) is 137 cm³/mol. The number of carboxylic acids is 1. The van der Waals surface area contributed by atoms with Crippen molar-refractivity contribution >= 4 is 80.8 Å². The summed E-state index contributed by atoms with van der Waals surface area (Å²) >= 11 is 11.1. The molecule has 10 nitrogen and oxygen atoms in total. The fraction of sp³-hybridized carbons (Fsp3) is 0.474. The van der Waals surface area contributed by atoms with Gasteiger partial charge in [-0.3, -0.25) is 9.59 Å². The van der Waals surface area contributed by atoms with Gasteiger partial charge in [0.15, 0.2) is 11.5 Å². The highest BCUT2D eigenvalue weighted by atomic mass is 32.1. The molecule has 0 amide bonds. The van der Waals surface area contributed by atoms with Crippen LogP contribution in [0.15, 0.2) is 4.99 Å². The maximum atomic E-state index is 10.6. The molecule has 0 saturated heterocycles. The van der Waals surface area contributed by atoms with Crippen LogP contribution in [0.3, 0.4) is 0 Å². The Morgan fingerprint density at radius 3 is 1.39 bits per heavy atom. The number of thiocarbonyl (C=S) groups is 2. The molecule has 2 heterocycles. The first kappa shape index (κ1) is 35.1.